The molecule has 2 N–H and O–H groups in total. The van der Waals surface area contributed by atoms with Gasteiger partial charge in [0, 0.05) is 0 Å². The highest BCUT2D eigenvalue weighted by atomic mass is 16.1. The van der Waals surface area contributed by atoms with Crippen molar-refractivity contribution in [3.63, 3.8) is 0 Å². The zero-order chi connectivity index (χ0) is 11.2. The molecule has 1 amide bonds. The molecule has 3 heteroatoms. The first-order valence-corrected chi connectivity index (χ1v) is 5.91. The topological polar surface area (TPSA) is 41.1 Å². The van der Waals surface area contributed by atoms with E-state index in [9.17, 15) is 4.79 Å². The van der Waals surface area contributed by atoms with E-state index in [1.165, 1.54) is 12.8 Å². The van der Waals surface area contributed by atoms with Gasteiger partial charge >= 0.3 is 0 Å². The number of hydrogen-bond donors (Lipinski definition) is 2. The monoisotopic (exact) mass is 218 g/mol. The Morgan fingerprint density at radius 3 is 2.81 bits per heavy atom. The van der Waals surface area contributed by atoms with E-state index in [4.69, 9.17) is 0 Å². The zero-order valence-corrected chi connectivity index (χ0v) is 9.41. The van der Waals surface area contributed by atoms with Crippen molar-refractivity contribution in [2.24, 2.45) is 0 Å². The van der Waals surface area contributed by atoms with Crippen molar-refractivity contribution in [2.45, 2.75) is 31.8 Å². The zero-order valence-electron chi connectivity index (χ0n) is 9.41. The molecular formula is C13H18N2O. The quantitative estimate of drug-likeness (QED) is 0.806. The Bertz CT molecular complexity index is 331. The standard InChI is InChI=1S/C13H18N2O/c16-13(10-11-6-2-1-3-7-11)15-12-8-4-5-9-14-12/h1-3,6-7,12,14H,4-5,8-10H2,(H,15,16). The van der Waals surface area contributed by atoms with Crippen molar-refractivity contribution in [1.82, 2.24) is 10.6 Å². The molecule has 1 unspecified atom stereocenters. The number of piperidine rings is 1. The van der Waals surface area contributed by atoms with Crippen molar-refractivity contribution in [3.8, 4) is 0 Å². The molecular weight excluding hydrogens is 200 g/mol. The van der Waals surface area contributed by atoms with Crippen LogP contribution in [0.3, 0.4) is 0 Å². The Hall–Kier alpha value is -1.35. The van der Waals surface area contributed by atoms with Crippen LogP contribution in [0.4, 0.5) is 0 Å². The van der Waals surface area contributed by atoms with Gasteiger partial charge in [-0.1, -0.05) is 30.3 Å². The number of rotatable bonds is 3. The molecule has 86 valence electrons. The number of carbonyl (C=O) groups excluding carboxylic acids is 1. The highest BCUT2D eigenvalue weighted by Crippen LogP contribution is 2.05. The van der Waals surface area contributed by atoms with Crippen LogP contribution < -0.4 is 10.6 Å². The minimum atomic E-state index is 0.102. The fourth-order valence-corrected chi connectivity index (χ4v) is 2.00. The summed E-state index contributed by atoms with van der Waals surface area (Å²) in [6, 6.07) is 9.84. The molecule has 2 rings (SSSR count). The second-order valence-electron chi connectivity index (χ2n) is 4.23. The van der Waals surface area contributed by atoms with Gasteiger partial charge in [-0.15, -0.1) is 0 Å². The smallest absolute Gasteiger partial charge is 0.225 e. The highest BCUT2D eigenvalue weighted by molar-refractivity contribution is 5.78. The first-order valence-electron chi connectivity index (χ1n) is 5.91. The summed E-state index contributed by atoms with van der Waals surface area (Å²) in [6.45, 7) is 1.01. The molecule has 0 aromatic heterocycles. The predicted octanol–water partition coefficient (Wildman–Crippen LogP) is 1.44. The largest absolute Gasteiger partial charge is 0.340 e. The minimum absolute atomic E-state index is 0.102. The lowest BCUT2D eigenvalue weighted by molar-refractivity contribution is -0.121. The molecule has 1 aliphatic heterocycles. The predicted molar refractivity (Wildman–Crippen MR) is 63.9 cm³/mol. The van der Waals surface area contributed by atoms with Gasteiger partial charge in [0.2, 0.25) is 5.91 Å². The van der Waals surface area contributed by atoms with Crippen molar-refractivity contribution in [1.29, 1.82) is 0 Å². The van der Waals surface area contributed by atoms with E-state index in [-0.39, 0.29) is 12.1 Å². The van der Waals surface area contributed by atoms with Crippen LogP contribution in [0, 0.1) is 0 Å². The third-order valence-electron chi connectivity index (χ3n) is 2.85. The molecule has 1 heterocycles. The second-order valence-corrected chi connectivity index (χ2v) is 4.23. The van der Waals surface area contributed by atoms with Gasteiger partial charge in [0.15, 0.2) is 0 Å². The fourth-order valence-electron chi connectivity index (χ4n) is 2.00. The Morgan fingerprint density at radius 1 is 1.31 bits per heavy atom. The van der Waals surface area contributed by atoms with Crippen LogP contribution in [0.25, 0.3) is 0 Å². The van der Waals surface area contributed by atoms with Crippen LogP contribution >= 0.6 is 0 Å². The molecule has 1 atom stereocenters. The van der Waals surface area contributed by atoms with Crippen LogP contribution in [0.5, 0.6) is 0 Å². The van der Waals surface area contributed by atoms with E-state index in [1.807, 2.05) is 30.3 Å². The van der Waals surface area contributed by atoms with Crippen molar-refractivity contribution in [2.75, 3.05) is 6.54 Å². The van der Waals surface area contributed by atoms with Crippen LogP contribution in [0.15, 0.2) is 30.3 Å². The third-order valence-corrected chi connectivity index (χ3v) is 2.85. The van der Waals surface area contributed by atoms with Crippen molar-refractivity contribution >= 4 is 5.91 Å². The Kier molecular flexibility index (Phi) is 3.94. The normalized spacial score (nSPS) is 20.4. The summed E-state index contributed by atoms with van der Waals surface area (Å²) in [6.07, 6.45) is 4.10. The van der Waals surface area contributed by atoms with Gasteiger partial charge < -0.3 is 5.32 Å². The van der Waals surface area contributed by atoms with Gasteiger partial charge in [-0.05, 0) is 31.4 Å². The summed E-state index contributed by atoms with van der Waals surface area (Å²) in [5, 5.41) is 6.32. The van der Waals surface area contributed by atoms with Gasteiger partial charge in [-0.2, -0.15) is 0 Å². The molecule has 0 bridgehead atoms. The summed E-state index contributed by atoms with van der Waals surface area (Å²) >= 11 is 0. The van der Waals surface area contributed by atoms with E-state index in [2.05, 4.69) is 10.6 Å². The van der Waals surface area contributed by atoms with Gasteiger partial charge in [0.25, 0.3) is 0 Å². The lowest BCUT2D eigenvalue weighted by atomic mass is 10.1. The molecule has 0 radical (unpaired) electrons. The maximum atomic E-state index is 11.7. The lowest BCUT2D eigenvalue weighted by Gasteiger charge is -2.24. The molecule has 16 heavy (non-hydrogen) atoms. The fraction of sp³-hybridized carbons (Fsp3) is 0.462. The van der Waals surface area contributed by atoms with Crippen LogP contribution in [0.2, 0.25) is 0 Å². The SMILES string of the molecule is O=C(Cc1ccccc1)NC1CCCCN1. The molecule has 1 aliphatic rings. The number of nitrogens with one attached hydrogen (secondary N) is 2. The number of benzene rings is 1. The molecule has 0 saturated carbocycles. The second kappa shape index (κ2) is 5.66. The van der Waals surface area contributed by atoms with Gasteiger partial charge in [-0.25, -0.2) is 0 Å². The van der Waals surface area contributed by atoms with Crippen LogP contribution in [-0.2, 0) is 11.2 Å². The molecule has 0 aliphatic carbocycles. The van der Waals surface area contributed by atoms with Crippen molar-refractivity contribution < 1.29 is 4.79 Å². The third kappa shape index (κ3) is 3.35. The van der Waals surface area contributed by atoms with Crippen LogP contribution in [-0.4, -0.2) is 18.6 Å². The van der Waals surface area contributed by atoms with Crippen LogP contribution in [0.1, 0.15) is 24.8 Å². The highest BCUT2D eigenvalue weighted by Gasteiger charge is 2.14. The van der Waals surface area contributed by atoms with E-state index < -0.39 is 0 Å². The maximum absolute atomic E-state index is 11.7. The summed E-state index contributed by atoms with van der Waals surface area (Å²) in [7, 11) is 0. The summed E-state index contributed by atoms with van der Waals surface area (Å²) in [5.41, 5.74) is 1.07. The van der Waals surface area contributed by atoms with Gasteiger partial charge in [0.1, 0.15) is 0 Å². The number of amides is 1. The Balaban J connectivity index is 1.80. The van der Waals surface area contributed by atoms with Gasteiger partial charge in [0.05, 0.1) is 12.6 Å². The van der Waals surface area contributed by atoms with E-state index in [0.29, 0.717) is 6.42 Å². The molecule has 3 nitrogen and oxygen atoms in total. The maximum Gasteiger partial charge on any atom is 0.225 e. The van der Waals surface area contributed by atoms with E-state index in [0.717, 1.165) is 18.5 Å². The molecule has 1 aromatic rings. The average molecular weight is 218 g/mol. The molecule has 1 aromatic carbocycles. The van der Waals surface area contributed by atoms with Gasteiger partial charge in [-0.3, -0.25) is 10.1 Å². The number of carbonyl (C=O) groups is 1. The average Bonchev–Trinajstić information content (AvgIpc) is 2.31. The molecule has 1 saturated heterocycles. The van der Waals surface area contributed by atoms with E-state index >= 15 is 0 Å². The summed E-state index contributed by atoms with van der Waals surface area (Å²) in [4.78, 5) is 11.7. The first kappa shape index (κ1) is 11.1. The molecule has 1 fully saturated rings. The lowest BCUT2D eigenvalue weighted by Crippen LogP contribution is -2.48. The molecule has 0 spiro atoms. The summed E-state index contributed by atoms with van der Waals surface area (Å²) in [5.74, 6) is 0.102. The minimum Gasteiger partial charge on any atom is -0.340 e. The first-order chi connectivity index (χ1) is 7.84. The van der Waals surface area contributed by atoms with E-state index in [1.54, 1.807) is 0 Å². The Morgan fingerprint density at radius 2 is 2.12 bits per heavy atom. The summed E-state index contributed by atoms with van der Waals surface area (Å²) < 4.78 is 0. The Labute approximate surface area is 96.2 Å². The van der Waals surface area contributed by atoms with Crippen molar-refractivity contribution in [3.05, 3.63) is 35.9 Å². The number of hydrogen-bond acceptors (Lipinski definition) is 2.